The number of amides is 6. The fraction of sp³-hybridized carbons (Fsp3) is 0.258. The fourth-order valence-corrected chi connectivity index (χ4v) is 9.25. The second kappa shape index (κ2) is 30.8. The first-order valence-corrected chi connectivity index (χ1v) is 27.3. The molecule has 0 fully saturated rings. The summed E-state index contributed by atoms with van der Waals surface area (Å²) in [6, 6.07) is 55.4. The molecule has 6 amide bonds. The Kier molecular flexibility index (Phi) is 22.6. The molecular formula is C66H71N7O8. The lowest BCUT2D eigenvalue weighted by Crippen LogP contribution is -2.61. The van der Waals surface area contributed by atoms with Crippen molar-refractivity contribution < 1.29 is 38.3 Å². The first-order valence-electron chi connectivity index (χ1n) is 27.3. The zero-order chi connectivity index (χ0) is 57.3. The Bertz CT molecular complexity index is 3100. The standard InChI is InChI=1S/C66H71N7O8/c1-45(2)81-66(80)59(44-52-36-22-9-23-37-52)73-65(79)58(43-51-34-20-8-21-35-51)72-64(78)57(42-50-32-18-7-19-33-50)71-63(77)56(41-49-30-16-6-17-31-49)70-62(76)55(40-48-28-14-5-15-29-48)69-61(75)54(39-47-26-12-4-13-27-47)68-60(74)53(67)38-46-24-10-3-11-25-46/h3-37,45,53-59H,38-44,67H2,1-2H3,(H,68,74)(H,69,75)(H,70,76)(H,71,77)(H,72,78)(H,73,79)/t53-,54-,55-,56-,57-,58-,59-/m0/s1. The van der Waals surface area contributed by atoms with E-state index in [1.807, 2.05) is 152 Å². The summed E-state index contributed by atoms with van der Waals surface area (Å²) in [5.41, 5.74) is 11.6. The molecule has 0 saturated heterocycles. The van der Waals surface area contributed by atoms with Gasteiger partial charge in [0.25, 0.3) is 0 Å². The van der Waals surface area contributed by atoms with Crippen molar-refractivity contribution in [2.24, 2.45) is 5.73 Å². The van der Waals surface area contributed by atoms with Crippen LogP contribution in [0, 0.1) is 0 Å². The van der Waals surface area contributed by atoms with Crippen LogP contribution in [0.5, 0.6) is 0 Å². The summed E-state index contributed by atoms with van der Waals surface area (Å²) in [6.45, 7) is 3.43. The van der Waals surface area contributed by atoms with Crippen molar-refractivity contribution in [3.05, 3.63) is 251 Å². The maximum absolute atomic E-state index is 15.0. The van der Waals surface area contributed by atoms with Gasteiger partial charge in [0.05, 0.1) is 12.1 Å². The molecule has 0 unspecified atom stereocenters. The predicted molar refractivity (Wildman–Crippen MR) is 312 cm³/mol. The molecule has 7 rings (SSSR count). The number of ether oxygens (including phenoxy) is 1. The highest BCUT2D eigenvalue weighted by Crippen LogP contribution is 2.14. The van der Waals surface area contributed by atoms with Crippen LogP contribution in [-0.4, -0.2) is 89.8 Å². The Labute approximate surface area is 473 Å². The minimum Gasteiger partial charge on any atom is -0.461 e. The van der Waals surface area contributed by atoms with Gasteiger partial charge >= 0.3 is 5.97 Å². The van der Waals surface area contributed by atoms with Crippen LogP contribution >= 0.6 is 0 Å². The highest BCUT2D eigenvalue weighted by Gasteiger charge is 2.35. The van der Waals surface area contributed by atoms with E-state index in [4.69, 9.17) is 10.5 Å². The number of hydrogen-bond acceptors (Lipinski definition) is 9. The van der Waals surface area contributed by atoms with Crippen LogP contribution in [0.2, 0.25) is 0 Å². The SMILES string of the molecule is CC(C)OC(=O)[C@H](Cc1ccccc1)NC(=O)[C@H](Cc1ccccc1)NC(=O)[C@H](Cc1ccccc1)NC(=O)[C@H](Cc1ccccc1)NC(=O)[C@H](Cc1ccccc1)NC(=O)[C@H](Cc1ccccc1)NC(=O)[C@@H](N)Cc1ccccc1. The molecule has 0 saturated carbocycles. The van der Waals surface area contributed by atoms with Gasteiger partial charge in [0, 0.05) is 38.5 Å². The van der Waals surface area contributed by atoms with Crippen molar-refractivity contribution in [3.63, 3.8) is 0 Å². The molecule has 7 aromatic carbocycles. The van der Waals surface area contributed by atoms with Crippen molar-refractivity contribution in [2.75, 3.05) is 0 Å². The Morgan fingerprint density at radius 1 is 0.296 bits per heavy atom. The number of rotatable bonds is 28. The lowest BCUT2D eigenvalue weighted by atomic mass is 9.99. The minimum absolute atomic E-state index is 0.00289. The largest absolute Gasteiger partial charge is 0.461 e. The molecule has 0 heterocycles. The highest BCUT2D eigenvalue weighted by atomic mass is 16.5. The summed E-state index contributed by atoms with van der Waals surface area (Å²) in [7, 11) is 0. The summed E-state index contributed by atoms with van der Waals surface area (Å²) >= 11 is 0. The van der Waals surface area contributed by atoms with Crippen LogP contribution < -0.4 is 37.6 Å². The van der Waals surface area contributed by atoms with Crippen molar-refractivity contribution in [3.8, 4) is 0 Å². The molecule has 81 heavy (non-hydrogen) atoms. The van der Waals surface area contributed by atoms with Crippen LogP contribution in [-0.2, 0) is 83.2 Å². The Hall–Kier alpha value is -9.21. The topological polar surface area (TPSA) is 227 Å². The molecule has 7 aromatic rings. The van der Waals surface area contributed by atoms with Crippen molar-refractivity contribution >= 4 is 41.4 Å². The van der Waals surface area contributed by atoms with Crippen LogP contribution in [0.4, 0.5) is 0 Å². The summed E-state index contributed by atoms with van der Waals surface area (Å²) in [5, 5.41) is 17.4. The van der Waals surface area contributed by atoms with E-state index in [-0.39, 0.29) is 44.9 Å². The zero-order valence-electron chi connectivity index (χ0n) is 45.6. The number of nitrogens with one attached hydrogen (secondary N) is 6. The molecular weight excluding hydrogens is 1020 g/mol. The van der Waals surface area contributed by atoms with Gasteiger partial charge in [0.1, 0.15) is 36.3 Å². The van der Waals surface area contributed by atoms with Gasteiger partial charge in [0.2, 0.25) is 35.4 Å². The number of hydrogen-bond donors (Lipinski definition) is 7. The molecule has 0 aliphatic rings. The van der Waals surface area contributed by atoms with Crippen LogP contribution in [0.25, 0.3) is 0 Å². The molecule has 418 valence electrons. The van der Waals surface area contributed by atoms with Crippen molar-refractivity contribution in [1.82, 2.24) is 31.9 Å². The van der Waals surface area contributed by atoms with E-state index in [0.717, 1.165) is 16.7 Å². The third kappa shape index (κ3) is 19.6. The van der Waals surface area contributed by atoms with Gasteiger partial charge in [-0.05, 0) is 59.2 Å². The van der Waals surface area contributed by atoms with Gasteiger partial charge in [0.15, 0.2) is 0 Å². The first kappa shape index (κ1) is 59.5. The third-order valence-corrected chi connectivity index (χ3v) is 13.4. The average molecular weight is 1090 g/mol. The van der Waals surface area contributed by atoms with Crippen LogP contribution in [0.15, 0.2) is 212 Å². The summed E-state index contributed by atoms with van der Waals surface area (Å²) in [6.07, 6.45) is -0.0571. The average Bonchev–Trinajstić information content (AvgIpc) is 3.51. The van der Waals surface area contributed by atoms with Crippen molar-refractivity contribution in [2.45, 2.75) is 107 Å². The van der Waals surface area contributed by atoms with Gasteiger partial charge in [-0.15, -0.1) is 0 Å². The van der Waals surface area contributed by atoms with E-state index in [1.165, 1.54) is 0 Å². The Morgan fingerprint density at radius 2 is 0.481 bits per heavy atom. The van der Waals surface area contributed by atoms with E-state index in [2.05, 4.69) is 31.9 Å². The molecule has 8 N–H and O–H groups in total. The van der Waals surface area contributed by atoms with Gasteiger partial charge in [-0.2, -0.15) is 0 Å². The highest BCUT2D eigenvalue weighted by molar-refractivity contribution is 5.97. The van der Waals surface area contributed by atoms with E-state index in [0.29, 0.717) is 22.3 Å². The summed E-state index contributed by atoms with van der Waals surface area (Å²) in [5.74, 6) is -4.65. The predicted octanol–water partition coefficient (Wildman–Crippen LogP) is 5.87. The van der Waals surface area contributed by atoms with Gasteiger partial charge in [-0.3, -0.25) is 28.8 Å². The molecule has 7 atom stereocenters. The normalized spacial score (nSPS) is 13.6. The second-order valence-electron chi connectivity index (χ2n) is 20.3. The number of carbonyl (C=O) groups excluding carboxylic acids is 7. The molecule has 0 spiro atoms. The monoisotopic (exact) mass is 1090 g/mol. The van der Waals surface area contributed by atoms with Crippen LogP contribution in [0.3, 0.4) is 0 Å². The van der Waals surface area contributed by atoms with E-state index < -0.39 is 89.8 Å². The van der Waals surface area contributed by atoms with E-state index in [9.17, 15) is 28.8 Å². The van der Waals surface area contributed by atoms with E-state index in [1.54, 1.807) is 74.5 Å². The molecule has 0 aliphatic carbocycles. The lowest BCUT2D eigenvalue weighted by molar-refractivity contribution is -0.151. The van der Waals surface area contributed by atoms with Crippen LogP contribution in [0.1, 0.15) is 52.8 Å². The van der Waals surface area contributed by atoms with Gasteiger partial charge in [-0.25, -0.2) is 4.79 Å². The number of carbonyl (C=O) groups is 7. The summed E-state index contributed by atoms with van der Waals surface area (Å²) < 4.78 is 5.58. The number of esters is 1. The fourth-order valence-electron chi connectivity index (χ4n) is 9.25. The third-order valence-electron chi connectivity index (χ3n) is 13.4. The number of nitrogens with two attached hydrogens (primary N) is 1. The van der Waals surface area contributed by atoms with Crippen molar-refractivity contribution in [1.29, 1.82) is 0 Å². The molecule has 15 heteroatoms. The Morgan fingerprint density at radius 3 is 0.704 bits per heavy atom. The minimum atomic E-state index is -1.31. The number of benzene rings is 7. The molecule has 0 radical (unpaired) electrons. The smallest absolute Gasteiger partial charge is 0.329 e. The summed E-state index contributed by atoms with van der Waals surface area (Å²) in [4.78, 5) is 101. The van der Waals surface area contributed by atoms with Gasteiger partial charge in [-0.1, -0.05) is 212 Å². The molecule has 0 bridgehead atoms. The second-order valence-corrected chi connectivity index (χ2v) is 20.3. The van der Waals surface area contributed by atoms with Gasteiger partial charge < -0.3 is 42.4 Å². The maximum atomic E-state index is 15.0. The van der Waals surface area contributed by atoms with E-state index >= 15 is 4.79 Å². The molecule has 0 aliphatic heterocycles. The quantitative estimate of drug-likeness (QED) is 0.0291. The lowest BCUT2D eigenvalue weighted by Gasteiger charge is -2.28. The molecule has 0 aromatic heterocycles. The first-order chi connectivity index (χ1) is 39.3. The molecule has 15 nitrogen and oxygen atoms in total. The Balaban J connectivity index is 1.16. The maximum Gasteiger partial charge on any atom is 0.329 e. The zero-order valence-corrected chi connectivity index (χ0v) is 45.6.